The molecule has 0 radical (unpaired) electrons. The van der Waals surface area contributed by atoms with Crippen molar-refractivity contribution in [3.05, 3.63) is 70.7 Å². The molecule has 1 aromatic heterocycles. The molecule has 0 saturated heterocycles. The fourth-order valence-electron chi connectivity index (χ4n) is 2.20. The molecule has 0 fully saturated rings. The van der Waals surface area contributed by atoms with Gasteiger partial charge in [0.25, 0.3) is 0 Å². The van der Waals surface area contributed by atoms with Crippen molar-refractivity contribution in [2.45, 2.75) is 13.5 Å². The molecular formula is C19H17NO3S. The average Bonchev–Trinajstić information content (AvgIpc) is 3.06. The van der Waals surface area contributed by atoms with Crippen LogP contribution in [0.2, 0.25) is 0 Å². The summed E-state index contributed by atoms with van der Waals surface area (Å²) in [5, 5.41) is 3.05. The largest absolute Gasteiger partial charge is 0.489 e. The number of esters is 1. The highest BCUT2D eigenvalue weighted by Gasteiger charge is 2.05. The van der Waals surface area contributed by atoms with E-state index in [1.54, 1.807) is 23.5 Å². The Morgan fingerprint density at radius 1 is 1.08 bits per heavy atom. The van der Waals surface area contributed by atoms with Crippen molar-refractivity contribution in [2.24, 2.45) is 0 Å². The SMILES string of the molecule is COC(=O)c1ccc(COc2ccc(-c3nc(C)cs3)cc2)cc1. The topological polar surface area (TPSA) is 48.4 Å². The van der Waals surface area contributed by atoms with Gasteiger partial charge in [-0.05, 0) is 48.9 Å². The molecule has 0 N–H and O–H groups in total. The maximum atomic E-state index is 11.4. The zero-order valence-corrected chi connectivity index (χ0v) is 14.3. The Bertz CT molecular complexity index is 823. The highest BCUT2D eigenvalue weighted by molar-refractivity contribution is 7.13. The van der Waals surface area contributed by atoms with E-state index in [0.29, 0.717) is 12.2 Å². The predicted molar refractivity (Wildman–Crippen MR) is 94.4 cm³/mol. The molecule has 2 aromatic carbocycles. The maximum Gasteiger partial charge on any atom is 0.337 e. The van der Waals surface area contributed by atoms with Crippen molar-refractivity contribution in [2.75, 3.05) is 7.11 Å². The van der Waals surface area contributed by atoms with Crippen LogP contribution in [0.1, 0.15) is 21.6 Å². The third kappa shape index (κ3) is 3.81. The summed E-state index contributed by atoms with van der Waals surface area (Å²) in [6, 6.07) is 15.1. The van der Waals surface area contributed by atoms with E-state index in [1.807, 2.05) is 48.7 Å². The average molecular weight is 339 g/mol. The first-order valence-corrected chi connectivity index (χ1v) is 8.36. The van der Waals surface area contributed by atoms with Gasteiger partial charge in [0.05, 0.1) is 12.7 Å². The molecule has 0 spiro atoms. The Kier molecular flexibility index (Phi) is 4.91. The van der Waals surface area contributed by atoms with E-state index < -0.39 is 0 Å². The second kappa shape index (κ2) is 7.27. The van der Waals surface area contributed by atoms with Crippen LogP contribution in [0.5, 0.6) is 5.75 Å². The molecule has 24 heavy (non-hydrogen) atoms. The summed E-state index contributed by atoms with van der Waals surface area (Å²) in [6.45, 7) is 2.43. The fraction of sp³-hybridized carbons (Fsp3) is 0.158. The van der Waals surface area contributed by atoms with Crippen molar-refractivity contribution < 1.29 is 14.3 Å². The molecule has 4 nitrogen and oxygen atoms in total. The lowest BCUT2D eigenvalue weighted by molar-refractivity contribution is 0.0600. The number of hydrogen-bond donors (Lipinski definition) is 0. The van der Waals surface area contributed by atoms with Crippen LogP contribution in [0.15, 0.2) is 53.9 Å². The minimum Gasteiger partial charge on any atom is -0.489 e. The number of aromatic nitrogens is 1. The summed E-state index contributed by atoms with van der Waals surface area (Å²) in [5.74, 6) is 0.458. The van der Waals surface area contributed by atoms with Crippen molar-refractivity contribution in [3.8, 4) is 16.3 Å². The molecule has 0 aliphatic carbocycles. The lowest BCUT2D eigenvalue weighted by atomic mass is 10.1. The van der Waals surface area contributed by atoms with Crippen molar-refractivity contribution in [1.82, 2.24) is 4.98 Å². The molecule has 0 atom stereocenters. The van der Waals surface area contributed by atoms with Gasteiger partial charge >= 0.3 is 5.97 Å². The number of thiazole rings is 1. The maximum absolute atomic E-state index is 11.4. The molecule has 0 aliphatic heterocycles. The first-order valence-electron chi connectivity index (χ1n) is 7.48. The van der Waals surface area contributed by atoms with Gasteiger partial charge in [0.15, 0.2) is 0 Å². The standard InChI is InChI=1S/C19H17NO3S/c1-13-12-24-18(20-13)15-7-9-17(10-8-15)23-11-14-3-5-16(6-4-14)19(21)22-2/h3-10,12H,11H2,1-2H3. The van der Waals surface area contributed by atoms with Gasteiger partial charge in [0, 0.05) is 16.6 Å². The molecule has 0 amide bonds. The quantitative estimate of drug-likeness (QED) is 0.643. The number of ether oxygens (including phenoxy) is 2. The molecule has 0 saturated carbocycles. The number of rotatable bonds is 5. The van der Waals surface area contributed by atoms with Crippen molar-refractivity contribution in [3.63, 3.8) is 0 Å². The number of carbonyl (C=O) groups excluding carboxylic acids is 1. The van der Waals surface area contributed by atoms with Gasteiger partial charge in [0.1, 0.15) is 17.4 Å². The van der Waals surface area contributed by atoms with E-state index in [0.717, 1.165) is 27.6 Å². The van der Waals surface area contributed by atoms with Crippen molar-refractivity contribution >= 4 is 17.3 Å². The highest BCUT2D eigenvalue weighted by atomic mass is 32.1. The van der Waals surface area contributed by atoms with E-state index in [-0.39, 0.29) is 5.97 Å². The zero-order chi connectivity index (χ0) is 16.9. The van der Waals surface area contributed by atoms with Crippen LogP contribution in [0.25, 0.3) is 10.6 Å². The van der Waals surface area contributed by atoms with Gasteiger partial charge in [-0.1, -0.05) is 12.1 Å². The third-order valence-corrected chi connectivity index (χ3v) is 4.51. The molecule has 3 rings (SSSR count). The number of nitrogens with zero attached hydrogens (tertiary/aromatic N) is 1. The van der Waals surface area contributed by atoms with Crippen LogP contribution in [0.4, 0.5) is 0 Å². The van der Waals surface area contributed by atoms with Crippen LogP contribution in [0.3, 0.4) is 0 Å². The number of aryl methyl sites for hydroxylation is 1. The summed E-state index contributed by atoms with van der Waals surface area (Å²) in [6.07, 6.45) is 0. The van der Waals surface area contributed by atoms with Crippen LogP contribution in [-0.4, -0.2) is 18.1 Å². The zero-order valence-electron chi connectivity index (χ0n) is 13.5. The minimum atomic E-state index is -0.338. The van der Waals surface area contributed by atoms with Crippen LogP contribution in [-0.2, 0) is 11.3 Å². The van der Waals surface area contributed by atoms with Gasteiger partial charge in [-0.15, -0.1) is 11.3 Å². The molecule has 5 heteroatoms. The molecule has 0 aliphatic rings. The van der Waals surface area contributed by atoms with Crippen LogP contribution < -0.4 is 4.74 Å². The number of carbonyl (C=O) groups is 1. The summed E-state index contributed by atoms with van der Waals surface area (Å²) >= 11 is 1.63. The van der Waals surface area contributed by atoms with E-state index >= 15 is 0 Å². The van der Waals surface area contributed by atoms with Gasteiger partial charge < -0.3 is 9.47 Å². The Hall–Kier alpha value is -2.66. The molecule has 0 bridgehead atoms. The fourth-order valence-corrected chi connectivity index (χ4v) is 3.01. The molecule has 3 aromatic rings. The lowest BCUT2D eigenvalue weighted by Gasteiger charge is -2.07. The van der Waals surface area contributed by atoms with Gasteiger partial charge in [-0.2, -0.15) is 0 Å². The lowest BCUT2D eigenvalue weighted by Crippen LogP contribution is -2.01. The van der Waals surface area contributed by atoms with E-state index in [4.69, 9.17) is 4.74 Å². The summed E-state index contributed by atoms with van der Waals surface area (Å²) in [4.78, 5) is 15.9. The first kappa shape index (κ1) is 16.2. The number of benzene rings is 2. The predicted octanol–water partition coefficient (Wildman–Crippen LogP) is 4.48. The molecule has 0 unspecified atom stereocenters. The normalized spacial score (nSPS) is 10.4. The first-order chi connectivity index (χ1) is 11.7. The third-order valence-electron chi connectivity index (χ3n) is 3.50. The summed E-state index contributed by atoms with van der Waals surface area (Å²) in [7, 11) is 1.37. The monoisotopic (exact) mass is 339 g/mol. The summed E-state index contributed by atoms with van der Waals surface area (Å²) in [5.41, 5.74) is 3.64. The second-order valence-corrected chi connectivity index (χ2v) is 6.15. The van der Waals surface area contributed by atoms with E-state index in [2.05, 4.69) is 9.72 Å². The van der Waals surface area contributed by atoms with E-state index in [1.165, 1.54) is 7.11 Å². The molecule has 122 valence electrons. The van der Waals surface area contributed by atoms with Gasteiger partial charge in [-0.25, -0.2) is 9.78 Å². The highest BCUT2D eigenvalue weighted by Crippen LogP contribution is 2.25. The van der Waals surface area contributed by atoms with Gasteiger partial charge in [-0.3, -0.25) is 0 Å². The number of hydrogen-bond acceptors (Lipinski definition) is 5. The van der Waals surface area contributed by atoms with Crippen LogP contribution >= 0.6 is 11.3 Å². The smallest absolute Gasteiger partial charge is 0.337 e. The van der Waals surface area contributed by atoms with Crippen LogP contribution in [0, 0.1) is 6.92 Å². The Morgan fingerprint density at radius 2 is 1.79 bits per heavy atom. The molecule has 1 heterocycles. The summed E-state index contributed by atoms with van der Waals surface area (Å²) < 4.78 is 10.5. The Labute approximate surface area is 144 Å². The van der Waals surface area contributed by atoms with Gasteiger partial charge in [0.2, 0.25) is 0 Å². The Balaban J connectivity index is 1.61. The van der Waals surface area contributed by atoms with E-state index in [9.17, 15) is 4.79 Å². The van der Waals surface area contributed by atoms with Crippen molar-refractivity contribution in [1.29, 1.82) is 0 Å². The number of methoxy groups -OCH3 is 1. The second-order valence-electron chi connectivity index (χ2n) is 5.30. The molecular weight excluding hydrogens is 322 g/mol. The minimum absolute atomic E-state index is 0.338. The Morgan fingerprint density at radius 3 is 2.38 bits per heavy atom.